The summed E-state index contributed by atoms with van der Waals surface area (Å²) < 4.78 is 5.13. The number of allylic oxidation sites excluding steroid dienone is 7. The zero-order chi connectivity index (χ0) is 34.4. The largest absolute Gasteiger partial charge is 0.358 e. The first kappa shape index (κ1) is 30.1. The van der Waals surface area contributed by atoms with E-state index in [1.54, 1.807) is 0 Å². The van der Waals surface area contributed by atoms with Crippen LogP contribution < -0.4 is 10.6 Å². The smallest absolute Gasteiger partial charge is 0.0643 e. The van der Waals surface area contributed by atoms with Crippen LogP contribution in [0.4, 0.5) is 0 Å². The van der Waals surface area contributed by atoms with E-state index in [0.717, 1.165) is 32.1 Å². The van der Waals surface area contributed by atoms with Gasteiger partial charge in [-0.1, -0.05) is 78.9 Å². The molecule has 0 bridgehead atoms. The second-order valence-electron chi connectivity index (χ2n) is 15.7. The molecule has 0 saturated heterocycles. The predicted molar refractivity (Wildman–Crippen MR) is 222 cm³/mol. The third-order valence-corrected chi connectivity index (χ3v) is 12.5. The fraction of sp³-hybridized carbons (Fsp3) is 0.224. The van der Waals surface area contributed by atoms with E-state index in [4.69, 9.17) is 0 Å². The summed E-state index contributed by atoms with van der Waals surface area (Å²) in [5, 5.41) is 8.19. The van der Waals surface area contributed by atoms with Crippen LogP contribution in [0.5, 0.6) is 0 Å². The van der Waals surface area contributed by atoms with E-state index in [-0.39, 0.29) is 5.54 Å². The zero-order valence-corrected chi connectivity index (χ0v) is 29.9. The van der Waals surface area contributed by atoms with Crippen LogP contribution >= 0.6 is 0 Å². The van der Waals surface area contributed by atoms with Crippen molar-refractivity contribution < 1.29 is 0 Å². The van der Waals surface area contributed by atoms with Crippen molar-refractivity contribution >= 4 is 73.1 Å². The first-order valence-electron chi connectivity index (χ1n) is 19.4. The number of para-hydroxylation sites is 1. The SMILES string of the molecule is CC1(n2c3ccccc3c3cc(C4=Cc5c([nH]c6ccc(-c7ccc8c(c7)c7c(n8C8=CCCCC8)=CCCC=7)cc56)CC4)ccc32)C=CC=CC1. The Morgan fingerprint density at radius 2 is 1.46 bits per heavy atom. The highest BCUT2D eigenvalue weighted by Crippen LogP contribution is 2.41. The summed E-state index contributed by atoms with van der Waals surface area (Å²) in [6.07, 6.45) is 29.2. The molecule has 3 nitrogen and oxygen atoms in total. The summed E-state index contributed by atoms with van der Waals surface area (Å²) in [5.41, 5.74) is 14.6. The lowest BCUT2D eigenvalue weighted by Crippen LogP contribution is -2.30. The summed E-state index contributed by atoms with van der Waals surface area (Å²) in [6, 6.07) is 30.3. The number of aryl methyl sites for hydroxylation is 1. The number of nitrogens with zero attached hydrogens (tertiary/aromatic N) is 2. The van der Waals surface area contributed by atoms with Crippen LogP contribution in [0.15, 0.2) is 109 Å². The van der Waals surface area contributed by atoms with Crippen LogP contribution in [0, 0.1) is 0 Å². The van der Waals surface area contributed by atoms with E-state index in [2.05, 4.69) is 149 Å². The fourth-order valence-corrected chi connectivity index (χ4v) is 9.86. The Bertz CT molecular complexity index is 2890. The van der Waals surface area contributed by atoms with Crippen LogP contribution in [-0.2, 0) is 12.0 Å². The minimum absolute atomic E-state index is 0.0874. The van der Waals surface area contributed by atoms with E-state index < -0.39 is 0 Å². The van der Waals surface area contributed by atoms with E-state index in [0.29, 0.717) is 0 Å². The fourth-order valence-electron chi connectivity index (χ4n) is 9.86. The highest BCUT2D eigenvalue weighted by atomic mass is 15.1. The number of aromatic amines is 1. The number of nitrogens with one attached hydrogen (secondary N) is 1. The Morgan fingerprint density at radius 1 is 0.654 bits per heavy atom. The van der Waals surface area contributed by atoms with Gasteiger partial charge in [-0.25, -0.2) is 0 Å². The summed E-state index contributed by atoms with van der Waals surface area (Å²) in [7, 11) is 0. The lowest BCUT2D eigenvalue weighted by atomic mass is 9.90. The van der Waals surface area contributed by atoms with Gasteiger partial charge in [-0.3, -0.25) is 0 Å². The van der Waals surface area contributed by atoms with E-state index in [9.17, 15) is 0 Å². The minimum Gasteiger partial charge on any atom is -0.358 e. The molecule has 254 valence electrons. The molecular weight excluding hydrogens is 631 g/mol. The van der Waals surface area contributed by atoms with Crippen molar-refractivity contribution in [3.63, 3.8) is 0 Å². The maximum Gasteiger partial charge on any atom is 0.0643 e. The molecule has 1 N–H and O–H groups in total. The van der Waals surface area contributed by atoms with Gasteiger partial charge in [-0.15, -0.1) is 0 Å². The highest BCUT2D eigenvalue weighted by molar-refractivity contribution is 6.10. The Labute approximate surface area is 304 Å². The monoisotopic (exact) mass is 673 g/mol. The molecule has 4 aliphatic rings. The van der Waals surface area contributed by atoms with Gasteiger partial charge in [0.1, 0.15) is 0 Å². The third kappa shape index (κ3) is 4.51. The van der Waals surface area contributed by atoms with Gasteiger partial charge in [0.25, 0.3) is 0 Å². The Morgan fingerprint density at radius 3 is 2.35 bits per heavy atom. The average molecular weight is 674 g/mol. The Kier molecular flexibility index (Phi) is 6.65. The lowest BCUT2D eigenvalue weighted by molar-refractivity contribution is 0.437. The van der Waals surface area contributed by atoms with E-state index in [1.807, 2.05) is 0 Å². The second-order valence-corrected chi connectivity index (χ2v) is 15.7. The van der Waals surface area contributed by atoms with Crippen molar-refractivity contribution in [1.82, 2.24) is 14.1 Å². The van der Waals surface area contributed by atoms with Crippen LogP contribution in [0.25, 0.3) is 84.2 Å². The van der Waals surface area contributed by atoms with Crippen molar-refractivity contribution in [2.24, 2.45) is 0 Å². The van der Waals surface area contributed by atoms with Crippen molar-refractivity contribution in [1.29, 1.82) is 0 Å². The van der Waals surface area contributed by atoms with Gasteiger partial charge in [-0.2, -0.15) is 0 Å². The Balaban J connectivity index is 1.01. The van der Waals surface area contributed by atoms with E-state index in [1.165, 1.54) is 119 Å². The lowest BCUT2D eigenvalue weighted by Gasteiger charge is -2.31. The molecule has 1 unspecified atom stereocenters. The number of rotatable bonds is 4. The summed E-state index contributed by atoms with van der Waals surface area (Å²) >= 11 is 0. The number of hydrogen-bond donors (Lipinski definition) is 1. The maximum absolute atomic E-state index is 3.80. The first-order chi connectivity index (χ1) is 25.6. The number of fused-ring (bicyclic) bond motifs is 9. The van der Waals surface area contributed by atoms with E-state index >= 15 is 0 Å². The highest BCUT2D eigenvalue weighted by Gasteiger charge is 2.28. The molecule has 0 saturated carbocycles. The molecule has 11 rings (SSSR count). The molecule has 3 aromatic heterocycles. The molecular formula is C49H43N3. The standard InChI is InChI=1S/C49H43N3/c1-49(26-10-3-11-27-49)52-47-17-9-7-15-38(47)42-31-35(21-25-48(42)52)33-19-23-44-40(29-33)39-28-32(18-22-43(39)50-44)34-20-24-46-41(30-34)37-14-6-8-16-45(37)51(46)36-12-4-2-5-13-36/h3,7,9-12,14-18,20-22,24-26,28-31,50H,2,4-6,8,13,19,23,27H2,1H3. The number of aromatic nitrogens is 3. The quantitative estimate of drug-likeness (QED) is 0.192. The van der Waals surface area contributed by atoms with Gasteiger partial charge < -0.3 is 14.1 Å². The van der Waals surface area contributed by atoms with Crippen LogP contribution in [0.3, 0.4) is 0 Å². The molecule has 0 spiro atoms. The first-order valence-corrected chi connectivity index (χ1v) is 19.4. The van der Waals surface area contributed by atoms with Crippen molar-refractivity contribution in [2.75, 3.05) is 0 Å². The van der Waals surface area contributed by atoms with Gasteiger partial charge in [-0.05, 0) is 136 Å². The molecule has 0 radical (unpaired) electrons. The van der Waals surface area contributed by atoms with Crippen molar-refractivity contribution in [3.05, 3.63) is 137 Å². The van der Waals surface area contributed by atoms with Gasteiger partial charge in [0.05, 0.1) is 11.1 Å². The van der Waals surface area contributed by atoms with Crippen LogP contribution in [0.1, 0.15) is 75.1 Å². The van der Waals surface area contributed by atoms with Crippen molar-refractivity contribution in [2.45, 2.75) is 70.3 Å². The molecule has 3 heteroatoms. The van der Waals surface area contributed by atoms with Crippen LogP contribution in [0.2, 0.25) is 0 Å². The zero-order valence-electron chi connectivity index (χ0n) is 29.9. The summed E-state index contributed by atoms with van der Waals surface area (Å²) in [4.78, 5) is 3.80. The third-order valence-electron chi connectivity index (χ3n) is 12.5. The molecule has 7 aromatic rings. The normalized spacial score (nSPS) is 19.8. The van der Waals surface area contributed by atoms with Crippen LogP contribution in [-0.4, -0.2) is 14.1 Å². The molecule has 52 heavy (non-hydrogen) atoms. The molecule has 3 heterocycles. The number of hydrogen-bond acceptors (Lipinski definition) is 0. The molecule has 4 aromatic carbocycles. The molecule has 1 atom stereocenters. The molecule has 0 amide bonds. The van der Waals surface area contributed by atoms with Gasteiger partial charge in [0.15, 0.2) is 0 Å². The van der Waals surface area contributed by atoms with Gasteiger partial charge >= 0.3 is 0 Å². The number of benzene rings is 4. The Hall–Kier alpha value is -5.54. The second kappa shape index (κ2) is 11.5. The molecule has 0 aliphatic heterocycles. The van der Waals surface area contributed by atoms with Gasteiger partial charge in [0, 0.05) is 65.6 Å². The summed E-state index contributed by atoms with van der Waals surface area (Å²) in [6.45, 7) is 2.36. The van der Waals surface area contributed by atoms with Gasteiger partial charge in [0.2, 0.25) is 0 Å². The predicted octanol–water partition coefficient (Wildman–Crippen LogP) is 11.4. The molecule has 4 aliphatic carbocycles. The topological polar surface area (TPSA) is 25.6 Å². The molecule has 0 fully saturated rings. The minimum atomic E-state index is -0.0874. The average Bonchev–Trinajstić information content (AvgIpc) is 3.85. The maximum atomic E-state index is 3.80. The number of H-pyrrole nitrogens is 1. The van der Waals surface area contributed by atoms with Crippen molar-refractivity contribution in [3.8, 4) is 11.1 Å². The summed E-state index contributed by atoms with van der Waals surface area (Å²) in [5.74, 6) is 0.